The van der Waals surface area contributed by atoms with Crippen LogP contribution in [0.4, 0.5) is 0 Å². The van der Waals surface area contributed by atoms with Gasteiger partial charge in [0.25, 0.3) is 5.91 Å². The molecule has 3 nitrogen and oxygen atoms in total. The minimum absolute atomic E-state index is 0.00565. The zero-order chi connectivity index (χ0) is 11.1. The van der Waals surface area contributed by atoms with Crippen molar-refractivity contribution in [3.05, 3.63) is 35.4 Å². The number of aryl methyl sites for hydroxylation is 1. The monoisotopic (exact) mass is 206 g/mol. The first kappa shape index (κ1) is 11.7. The Bertz CT molecular complexity index is 306. The van der Waals surface area contributed by atoms with Crippen molar-refractivity contribution >= 4 is 5.91 Å². The molecule has 3 heteroatoms. The molecule has 82 valence electrons. The first-order chi connectivity index (χ1) is 7.24. The number of rotatable bonds is 5. The van der Waals surface area contributed by atoms with Crippen LogP contribution in [0.3, 0.4) is 0 Å². The summed E-state index contributed by atoms with van der Waals surface area (Å²) in [7, 11) is 1.90. The quantitative estimate of drug-likeness (QED) is 0.714. The Hall–Kier alpha value is -1.35. The smallest absolute Gasteiger partial charge is 0.251 e. The molecule has 1 aromatic rings. The Morgan fingerprint density at radius 2 is 1.87 bits per heavy atom. The van der Waals surface area contributed by atoms with E-state index in [1.807, 2.05) is 38.2 Å². The third-order valence-corrected chi connectivity index (χ3v) is 2.20. The van der Waals surface area contributed by atoms with Crippen molar-refractivity contribution in [2.45, 2.75) is 13.3 Å². The Balaban J connectivity index is 2.37. The molecule has 0 aliphatic carbocycles. The fourth-order valence-corrected chi connectivity index (χ4v) is 1.27. The standard InChI is InChI=1S/C12H18N2O/c1-10-4-6-11(7-5-10)12(15)14-9-3-8-13-2/h4-7,13H,3,8-9H2,1-2H3,(H,14,15). The van der Waals surface area contributed by atoms with E-state index < -0.39 is 0 Å². The zero-order valence-corrected chi connectivity index (χ0v) is 9.34. The van der Waals surface area contributed by atoms with E-state index >= 15 is 0 Å². The summed E-state index contributed by atoms with van der Waals surface area (Å²) in [6.45, 7) is 3.65. The van der Waals surface area contributed by atoms with Crippen LogP contribution in [0.15, 0.2) is 24.3 Å². The number of hydrogen-bond acceptors (Lipinski definition) is 2. The third kappa shape index (κ3) is 4.13. The molecule has 0 radical (unpaired) electrons. The van der Waals surface area contributed by atoms with Gasteiger partial charge >= 0.3 is 0 Å². The third-order valence-electron chi connectivity index (χ3n) is 2.20. The number of benzene rings is 1. The summed E-state index contributed by atoms with van der Waals surface area (Å²) in [4.78, 5) is 11.6. The van der Waals surface area contributed by atoms with E-state index in [0.29, 0.717) is 6.54 Å². The second-order valence-corrected chi connectivity index (χ2v) is 3.58. The van der Waals surface area contributed by atoms with Crippen molar-refractivity contribution in [1.29, 1.82) is 0 Å². The molecule has 0 aliphatic rings. The highest BCUT2D eigenvalue weighted by atomic mass is 16.1. The van der Waals surface area contributed by atoms with Crippen molar-refractivity contribution in [1.82, 2.24) is 10.6 Å². The van der Waals surface area contributed by atoms with Crippen LogP contribution < -0.4 is 10.6 Å². The van der Waals surface area contributed by atoms with E-state index in [0.717, 1.165) is 18.5 Å². The highest BCUT2D eigenvalue weighted by molar-refractivity contribution is 5.94. The van der Waals surface area contributed by atoms with Gasteiger partial charge in [-0.3, -0.25) is 4.79 Å². The summed E-state index contributed by atoms with van der Waals surface area (Å²) in [5, 5.41) is 5.91. The summed E-state index contributed by atoms with van der Waals surface area (Å²) < 4.78 is 0. The molecule has 0 aliphatic heterocycles. The summed E-state index contributed by atoms with van der Waals surface area (Å²) in [6.07, 6.45) is 0.952. The van der Waals surface area contributed by atoms with Crippen molar-refractivity contribution in [3.8, 4) is 0 Å². The molecule has 0 saturated heterocycles. The van der Waals surface area contributed by atoms with Gasteiger partial charge in [-0.15, -0.1) is 0 Å². The van der Waals surface area contributed by atoms with Gasteiger partial charge in [-0.2, -0.15) is 0 Å². The van der Waals surface area contributed by atoms with Gasteiger partial charge in [0, 0.05) is 12.1 Å². The van der Waals surface area contributed by atoms with E-state index in [9.17, 15) is 4.79 Å². The lowest BCUT2D eigenvalue weighted by Gasteiger charge is -2.04. The van der Waals surface area contributed by atoms with Gasteiger partial charge in [-0.05, 0) is 39.1 Å². The number of carbonyl (C=O) groups excluding carboxylic acids is 1. The van der Waals surface area contributed by atoms with Crippen LogP contribution in [-0.2, 0) is 0 Å². The molecule has 0 heterocycles. The number of amides is 1. The average molecular weight is 206 g/mol. The summed E-state index contributed by atoms with van der Waals surface area (Å²) in [6, 6.07) is 7.59. The molecule has 15 heavy (non-hydrogen) atoms. The molecule has 0 aromatic heterocycles. The number of hydrogen-bond donors (Lipinski definition) is 2. The molecular formula is C12H18N2O. The SMILES string of the molecule is CNCCCNC(=O)c1ccc(C)cc1. The predicted molar refractivity (Wildman–Crippen MR) is 62.1 cm³/mol. The average Bonchev–Trinajstić information content (AvgIpc) is 2.25. The Morgan fingerprint density at radius 3 is 2.47 bits per heavy atom. The largest absolute Gasteiger partial charge is 0.352 e. The predicted octanol–water partition coefficient (Wildman–Crippen LogP) is 1.33. The van der Waals surface area contributed by atoms with Gasteiger partial charge in [0.2, 0.25) is 0 Å². The Morgan fingerprint density at radius 1 is 1.20 bits per heavy atom. The highest BCUT2D eigenvalue weighted by Crippen LogP contribution is 2.02. The zero-order valence-electron chi connectivity index (χ0n) is 9.34. The summed E-state index contributed by atoms with van der Waals surface area (Å²) in [5.74, 6) is 0.00565. The lowest BCUT2D eigenvalue weighted by atomic mass is 10.1. The van der Waals surface area contributed by atoms with Crippen molar-refractivity contribution < 1.29 is 4.79 Å². The lowest BCUT2D eigenvalue weighted by Crippen LogP contribution is -2.26. The van der Waals surface area contributed by atoms with Crippen molar-refractivity contribution in [2.24, 2.45) is 0 Å². The van der Waals surface area contributed by atoms with Crippen LogP contribution in [0, 0.1) is 6.92 Å². The van der Waals surface area contributed by atoms with Gasteiger partial charge in [-0.1, -0.05) is 17.7 Å². The van der Waals surface area contributed by atoms with Crippen molar-refractivity contribution in [2.75, 3.05) is 20.1 Å². The topological polar surface area (TPSA) is 41.1 Å². The molecule has 0 saturated carbocycles. The van der Waals surface area contributed by atoms with Gasteiger partial charge in [0.1, 0.15) is 0 Å². The maximum atomic E-state index is 11.6. The first-order valence-electron chi connectivity index (χ1n) is 5.23. The highest BCUT2D eigenvalue weighted by Gasteiger charge is 2.02. The summed E-state index contributed by atoms with van der Waals surface area (Å²) in [5.41, 5.74) is 1.90. The van der Waals surface area contributed by atoms with Crippen LogP contribution in [0.5, 0.6) is 0 Å². The molecule has 0 bridgehead atoms. The van der Waals surface area contributed by atoms with Crippen LogP contribution in [0.1, 0.15) is 22.3 Å². The minimum Gasteiger partial charge on any atom is -0.352 e. The second kappa shape index (κ2) is 6.19. The van der Waals surface area contributed by atoms with Crippen LogP contribution >= 0.6 is 0 Å². The van der Waals surface area contributed by atoms with E-state index in [4.69, 9.17) is 0 Å². The van der Waals surface area contributed by atoms with E-state index in [1.165, 1.54) is 5.56 Å². The lowest BCUT2D eigenvalue weighted by molar-refractivity contribution is 0.0953. The molecule has 1 amide bonds. The maximum absolute atomic E-state index is 11.6. The normalized spacial score (nSPS) is 10.0. The molecule has 0 fully saturated rings. The molecular weight excluding hydrogens is 188 g/mol. The van der Waals surface area contributed by atoms with Crippen LogP contribution in [0.2, 0.25) is 0 Å². The Labute approximate surface area is 90.9 Å². The Kier molecular flexibility index (Phi) is 4.84. The van der Waals surface area contributed by atoms with Gasteiger partial charge in [-0.25, -0.2) is 0 Å². The molecule has 0 atom stereocenters. The fourth-order valence-electron chi connectivity index (χ4n) is 1.27. The van der Waals surface area contributed by atoms with Crippen molar-refractivity contribution in [3.63, 3.8) is 0 Å². The van der Waals surface area contributed by atoms with E-state index in [2.05, 4.69) is 10.6 Å². The molecule has 1 aromatic carbocycles. The molecule has 1 rings (SSSR count). The maximum Gasteiger partial charge on any atom is 0.251 e. The van der Waals surface area contributed by atoms with E-state index in [-0.39, 0.29) is 5.91 Å². The molecule has 2 N–H and O–H groups in total. The first-order valence-corrected chi connectivity index (χ1v) is 5.23. The van der Waals surface area contributed by atoms with Gasteiger partial charge in [0.15, 0.2) is 0 Å². The second-order valence-electron chi connectivity index (χ2n) is 3.58. The fraction of sp³-hybridized carbons (Fsp3) is 0.417. The number of nitrogens with one attached hydrogen (secondary N) is 2. The minimum atomic E-state index is 0.00565. The number of carbonyl (C=O) groups is 1. The summed E-state index contributed by atoms with van der Waals surface area (Å²) >= 11 is 0. The molecule has 0 unspecified atom stereocenters. The van der Waals surface area contributed by atoms with Gasteiger partial charge in [0.05, 0.1) is 0 Å². The van der Waals surface area contributed by atoms with Crippen LogP contribution in [0.25, 0.3) is 0 Å². The van der Waals surface area contributed by atoms with Crippen LogP contribution in [-0.4, -0.2) is 26.0 Å². The molecule has 0 spiro atoms. The van der Waals surface area contributed by atoms with Gasteiger partial charge < -0.3 is 10.6 Å². The van der Waals surface area contributed by atoms with E-state index in [1.54, 1.807) is 0 Å².